The number of anilines is 1. The highest BCUT2D eigenvalue weighted by Gasteiger charge is 2.16. The summed E-state index contributed by atoms with van der Waals surface area (Å²) < 4.78 is 5.47. The number of aromatic carboxylic acids is 1. The minimum Gasteiger partial charge on any atom is -0.507 e. The van der Waals surface area contributed by atoms with Crippen LogP contribution in [0.3, 0.4) is 0 Å². The van der Waals surface area contributed by atoms with Crippen molar-refractivity contribution in [2.45, 2.75) is 13.0 Å². The van der Waals surface area contributed by atoms with Gasteiger partial charge >= 0.3 is 5.97 Å². The number of amides is 1. The molecule has 2 aromatic carbocycles. The Morgan fingerprint density at radius 3 is 2.45 bits per heavy atom. The predicted molar refractivity (Wildman–Crippen MR) is 80.2 cm³/mol. The van der Waals surface area contributed by atoms with Gasteiger partial charge in [-0.05, 0) is 37.3 Å². The summed E-state index contributed by atoms with van der Waals surface area (Å²) in [6.45, 7) is 1.58. The lowest BCUT2D eigenvalue weighted by atomic mass is 10.1. The first-order chi connectivity index (χ1) is 10.5. The number of hydrogen-bond donors (Lipinski definition) is 3. The van der Waals surface area contributed by atoms with E-state index in [2.05, 4.69) is 5.32 Å². The number of benzene rings is 2. The van der Waals surface area contributed by atoms with E-state index in [1.165, 1.54) is 18.2 Å². The van der Waals surface area contributed by atoms with Crippen LogP contribution < -0.4 is 10.1 Å². The Hall–Kier alpha value is -3.02. The Labute approximate surface area is 127 Å². The molecule has 0 heterocycles. The smallest absolute Gasteiger partial charge is 0.339 e. The molecular weight excluding hydrogens is 286 g/mol. The summed E-state index contributed by atoms with van der Waals surface area (Å²) in [4.78, 5) is 23.0. The van der Waals surface area contributed by atoms with Crippen molar-refractivity contribution in [3.63, 3.8) is 0 Å². The zero-order chi connectivity index (χ0) is 16.1. The van der Waals surface area contributed by atoms with Crippen molar-refractivity contribution in [3.05, 3.63) is 54.1 Å². The maximum absolute atomic E-state index is 12.0. The van der Waals surface area contributed by atoms with Crippen LogP contribution in [0.25, 0.3) is 0 Å². The fraction of sp³-hybridized carbons (Fsp3) is 0.125. The average Bonchev–Trinajstić information content (AvgIpc) is 2.49. The van der Waals surface area contributed by atoms with E-state index in [4.69, 9.17) is 9.84 Å². The van der Waals surface area contributed by atoms with E-state index < -0.39 is 18.0 Å². The van der Waals surface area contributed by atoms with E-state index in [1.54, 1.807) is 31.2 Å². The van der Waals surface area contributed by atoms with Gasteiger partial charge in [0.2, 0.25) is 0 Å². The minimum absolute atomic E-state index is 0.267. The fourth-order valence-electron chi connectivity index (χ4n) is 1.79. The van der Waals surface area contributed by atoms with Gasteiger partial charge in [0.05, 0.1) is 0 Å². The second-order valence-electron chi connectivity index (χ2n) is 4.60. The number of rotatable bonds is 5. The highest BCUT2D eigenvalue weighted by Crippen LogP contribution is 2.21. The Balaban J connectivity index is 2.05. The van der Waals surface area contributed by atoms with Crippen molar-refractivity contribution in [1.29, 1.82) is 0 Å². The quantitative estimate of drug-likeness (QED) is 0.737. The zero-order valence-electron chi connectivity index (χ0n) is 11.8. The van der Waals surface area contributed by atoms with Gasteiger partial charge in [-0.25, -0.2) is 4.79 Å². The molecule has 22 heavy (non-hydrogen) atoms. The monoisotopic (exact) mass is 301 g/mol. The van der Waals surface area contributed by atoms with E-state index >= 15 is 0 Å². The number of ether oxygens (including phenoxy) is 1. The minimum atomic E-state index is -1.28. The molecule has 0 fully saturated rings. The summed E-state index contributed by atoms with van der Waals surface area (Å²) >= 11 is 0. The normalized spacial score (nSPS) is 11.5. The lowest BCUT2D eigenvalue weighted by Gasteiger charge is -2.15. The summed E-state index contributed by atoms with van der Waals surface area (Å²) in [5.41, 5.74) is -0.0156. The molecule has 0 aliphatic rings. The number of phenols is 1. The van der Waals surface area contributed by atoms with Crippen molar-refractivity contribution < 1.29 is 24.5 Å². The van der Waals surface area contributed by atoms with E-state index in [-0.39, 0.29) is 17.0 Å². The zero-order valence-corrected chi connectivity index (χ0v) is 11.8. The van der Waals surface area contributed by atoms with Crippen molar-refractivity contribution in [1.82, 2.24) is 0 Å². The van der Waals surface area contributed by atoms with E-state index in [0.29, 0.717) is 5.75 Å². The average molecular weight is 301 g/mol. The van der Waals surface area contributed by atoms with Crippen LogP contribution in [-0.2, 0) is 4.79 Å². The van der Waals surface area contributed by atoms with Gasteiger partial charge in [0.15, 0.2) is 6.10 Å². The standard InChI is InChI=1S/C16H15NO5/c1-10(22-12-5-3-2-4-6-12)15(19)17-11-7-8-14(18)13(9-11)16(20)21/h2-10,18H,1H3,(H,17,19)(H,20,21)/t10-/m0/s1. The lowest BCUT2D eigenvalue weighted by molar-refractivity contribution is -0.122. The molecule has 2 rings (SSSR count). The van der Waals surface area contributed by atoms with Crippen LogP contribution in [0.1, 0.15) is 17.3 Å². The van der Waals surface area contributed by atoms with Crippen LogP contribution in [0.2, 0.25) is 0 Å². The lowest BCUT2D eigenvalue weighted by Crippen LogP contribution is -2.30. The Bertz CT molecular complexity index is 684. The topological polar surface area (TPSA) is 95.9 Å². The number of carboxylic acids is 1. The SMILES string of the molecule is C[C@H](Oc1ccccc1)C(=O)Nc1ccc(O)c(C(=O)O)c1. The van der Waals surface area contributed by atoms with Crippen molar-refractivity contribution in [2.24, 2.45) is 0 Å². The van der Waals surface area contributed by atoms with E-state index in [1.807, 2.05) is 6.07 Å². The van der Waals surface area contributed by atoms with Crippen LogP contribution in [0.15, 0.2) is 48.5 Å². The van der Waals surface area contributed by atoms with E-state index in [0.717, 1.165) is 0 Å². The van der Waals surface area contributed by atoms with Crippen molar-refractivity contribution in [3.8, 4) is 11.5 Å². The predicted octanol–water partition coefficient (Wildman–Crippen LogP) is 2.50. The van der Waals surface area contributed by atoms with Gasteiger partial charge in [-0.1, -0.05) is 18.2 Å². The molecule has 3 N–H and O–H groups in total. The molecule has 0 saturated carbocycles. The largest absolute Gasteiger partial charge is 0.507 e. The molecule has 2 aromatic rings. The number of carboxylic acid groups (broad SMARTS) is 1. The van der Waals surface area contributed by atoms with Crippen LogP contribution in [0, 0.1) is 0 Å². The molecule has 0 bridgehead atoms. The number of carbonyl (C=O) groups excluding carboxylic acids is 1. The first-order valence-electron chi connectivity index (χ1n) is 6.56. The van der Waals surface area contributed by atoms with Crippen molar-refractivity contribution >= 4 is 17.6 Å². The number of carbonyl (C=O) groups is 2. The third-order valence-electron chi connectivity index (χ3n) is 2.92. The van der Waals surface area contributed by atoms with Crippen LogP contribution in [-0.4, -0.2) is 28.2 Å². The highest BCUT2D eigenvalue weighted by atomic mass is 16.5. The molecule has 114 valence electrons. The van der Waals surface area contributed by atoms with Crippen molar-refractivity contribution in [2.75, 3.05) is 5.32 Å². The molecule has 0 saturated heterocycles. The fourth-order valence-corrected chi connectivity index (χ4v) is 1.79. The number of nitrogens with one attached hydrogen (secondary N) is 1. The van der Waals surface area contributed by atoms with Gasteiger partial charge in [-0.3, -0.25) is 4.79 Å². The number of para-hydroxylation sites is 1. The third kappa shape index (κ3) is 3.76. The molecule has 1 atom stereocenters. The summed E-state index contributed by atoms with van der Waals surface area (Å²) in [5, 5.41) is 20.9. The number of hydrogen-bond acceptors (Lipinski definition) is 4. The maximum atomic E-state index is 12.0. The second-order valence-corrected chi connectivity index (χ2v) is 4.60. The molecular formula is C16H15NO5. The van der Waals surface area contributed by atoms with Crippen LogP contribution in [0.4, 0.5) is 5.69 Å². The second kappa shape index (κ2) is 6.62. The molecule has 1 amide bonds. The molecule has 0 radical (unpaired) electrons. The Kier molecular flexibility index (Phi) is 4.63. The maximum Gasteiger partial charge on any atom is 0.339 e. The van der Waals surface area contributed by atoms with Gasteiger partial charge in [0, 0.05) is 5.69 Å². The van der Waals surface area contributed by atoms with Gasteiger partial charge in [0.25, 0.3) is 5.91 Å². The van der Waals surface area contributed by atoms with Crippen LogP contribution >= 0.6 is 0 Å². The van der Waals surface area contributed by atoms with Gasteiger partial charge < -0.3 is 20.3 Å². The molecule has 6 nitrogen and oxygen atoms in total. The summed E-state index contributed by atoms with van der Waals surface area (Å²) in [5.74, 6) is -1.51. The summed E-state index contributed by atoms with van der Waals surface area (Å²) in [7, 11) is 0. The van der Waals surface area contributed by atoms with Crippen LogP contribution in [0.5, 0.6) is 11.5 Å². The molecule has 0 aliphatic heterocycles. The molecule has 0 unspecified atom stereocenters. The summed E-state index contributed by atoms with van der Waals surface area (Å²) in [6, 6.07) is 12.7. The highest BCUT2D eigenvalue weighted by molar-refractivity contribution is 5.97. The third-order valence-corrected chi connectivity index (χ3v) is 2.92. The molecule has 0 aliphatic carbocycles. The van der Waals surface area contributed by atoms with Gasteiger partial charge in [-0.2, -0.15) is 0 Å². The molecule has 0 spiro atoms. The van der Waals surface area contributed by atoms with Gasteiger partial charge in [0.1, 0.15) is 17.1 Å². The Morgan fingerprint density at radius 2 is 1.82 bits per heavy atom. The van der Waals surface area contributed by atoms with Gasteiger partial charge in [-0.15, -0.1) is 0 Å². The first-order valence-corrected chi connectivity index (χ1v) is 6.56. The molecule has 6 heteroatoms. The summed E-state index contributed by atoms with van der Waals surface area (Å²) in [6.07, 6.45) is -0.760. The molecule has 0 aromatic heterocycles. The van der Waals surface area contributed by atoms with E-state index in [9.17, 15) is 14.7 Å². The Morgan fingerprint density at radius 1 is 1.14 bits per heavy atom. The number of aromatic hydroxyl groups is 1. The first kappa shape index (κ1) is 15.4.